The van der Waals surface area contributed by atoms with E-state index in [0.29, 0.717) is 25.3 Å². The molecule has 0 amide bonds. The van der Waals surface area contributed by atoms with E-state index in [9.17, 15) is 10.2 Å². The molecule has 0 saturated heterocycles. The van der Waals surface area contributed by atoms with E-state index in [1.165, 1.54) is 6.07 Å². The van der Waals surface area contributed by atoms with Crippen LogP contribution in [0.1, 0.15) is 18.1 Å². The Kier molecular flexibility index (Phi) is 4.85. The van der Waals surface area contributed by atoms with Crippen LogP contribution in [0.25, 0.3) is 0 Å². The van der Waals surface area contributed by atoms with Crippen molar-refractivity contribution >= 4 is 0 Å². The summed E-state index contributed by atoms with van der Waals surface area (Å²) < 4.78 is 5.45. The summed E-state index contributed by atoms with van der Waals surface area (Å²) in [5.74, 6) is 0.692. The van der Waals surface area contributed by atoms with Gasteiger partial charge in [-0.3, -0.25) is 0 Å². The van der Waals surface area contributed by atoms with Crippen LogP contribution in [0.3, 0.4) is 0 Å². The van der Waals surface area contributed by atoms with E-state index in [1.54, 1.807) is 12.1 Å². The number of para-hydroxylation sites is 1. The zero-order valence-corrected chi connectivity index (χ0v) is 11.5. The maximum Gasteiger partial charge on any atom is 0.161 e. The fraction of sp³-hybridized carbons (Fsp3) is 0.250. The molecule has 0 aromatic heterocycles. The first-order valence-corrected chi connectivity index (χ1v) is 6.63. The van der Waals surface area contributed by atoms with Gasteiger partial charge in [0.1, 0.15) is 5.75 Å². The molecular formula is C16H19NO3. The van der Waals surface area contributed by atoms with E-state index in [-0.39, 0.29) is 11.5 Å². The van der Waals surface area contributed by atoms with Crippen molar-refractivity contribution in [2.24, 2.45) is 0 Å². The number of benzene rings is 2. The van der Waals surface area contributed by atoms with Crippen molar-refractivity contribution in [1.29, 1.82) is 0 Å². The van der Waals surface area contributed by atoms with Gasteiger partial charge in [0.2, 0.25) is 0 Å². The van der Waals surface area contributed by atoms with E-state index in [2.05, 4.69) is 5.32 Å². The standard InChI is InChI=1S/C16H19NO3/c1-2-20-14-7-3-5-12(9-14)10-17-11-13-6-4-8-15(18)16(13)19/h3-9,17-19H,2,10-11H2,1H3. The van der Waals surface area contributed by atoms with Crippen LogP contribution in [0.5, 0.6) is 17.2 Å². The van der Waals surface area contributed by atoms with Gasteiger partial charge in [0, 0.05) is 18.7 Å². The van der Waals surface area contributed by atoms with Crippen molar-refractivity contribution < 1.29 is 14.9 Å². The Morgan fingerprint density at radius 2 is 1.85 bits per heavy atom. The number of phenols is 2. The smallest absolute Gasteiger partial charge is 0.161 e. The molecule has 0 aliphatic heterocycles. The molecule has 0 spiro atoms. The first kappa shape index (κ1) is 14.2. The van der Waals surface area contributed by atoms with E-state index < -0.39 is 0 Å². The summed E-state index contributed by atoms with van der Waals surface area (Å²) in [6, 6.07) is 12.8. The average molecular weight is 273 g/mol. The van der Waals surface area contributed by atoms with Gasteiger partial charge in [-0.15, -0.1) is 0 Å². The maximum absolute atomic E-state index is 9.70. The lowest BCUT2D eigenvalue weighted by Gasteiger charge is -2.09. The fourth-order valence-electron chi connectivity index (χ4n) is 1.97. The summed E-state index contributed by atoms with van der Waals surface area (Å²) in [6.45, 7) is 3.75. The van der Waals surface area contributed by atoms with Crippen molar-refractivity contribution in [2.45, 2.75) is 20.0 Å². The third-order valence-electron chi connectivity index (χ3n) is 2.95. The van der Waals surface area contributed by atoms with Gasteiger partial charge >= 0.3 is 0 Å². The molecule has 0 unspecified atom stereocenters. The summed E-state index contributed by atoms with van der Waals surface area (Å²) >= 11 is 0. The minimum atomic E-state index is -0.0948. The zero-order valence-electron chi connectivity index (χ0n) is 11.5. The number of hydrogen-bond donors (Lipinski definition) is 3. The van der Waals surface area contributed by atoms with Crippen LogP contribution in [-0.4, -0.2) is 16.8 Å². The van der Waals surface area contributed by atoms with Gasteiger partial charge in [0.25, 0.3) is 0 Å². The monoisotopic (exact) mass is 273 g/mol. The first-order chi connectivity index (χ1) is 9.70. The molecule has 2 rings (SSSR count). The van der Waals surface area contributed by atoms with Gasteiger partial charge in [-0.2, -0.15) is 0 Å². The molecule has 2 aromatic rings. The largest absolute Gasteiger partial charge is 0.504 e. The van der Waals surface area contributed by atoms with Crippen LogP contribution >= 0.6 is 0 Å². The molecule has 0 aliphatic rings. The highest BCUT2D eigenvalue weighted by atomic mass is 16.5. The number of aromatic hydroxyl groups is 2. The number of ether oxygens (including phenoxy) is 1. The predicted molar refractivity (Wildman–Crippen MR) is 77.9 cm³/mol. The van der Waals surface area contributed by atoms with Crippen molar-refractivity contribution in [1.82, 2.24) is 5.32 Å². The molecule has 0 bridgehead atoms. The summed E-state index contributed by atoms with van der Waals surface area (Å²) in [5.41, 5.74) is 1.78. The highest BCUT2D eigenvalue weighted by molar-refractivity contribution is 5.44. The summed E-state index contributed by atoms with van der Waals surface area (Å²) in [4.78, 5) is 0. The van der Waals surface area contributed by atoms with Crippen molar-refractivity contribution in [3.05, 3.63) is 53.6 Å². The average Bonchev–Trinajstić information content (AvgIpc) is 2.44. The van der Waals surface area contributed by atoms with Crippen molar-refractivity contribution in [3.8, 4) is 17.2 Å². The van der Waals surface area contributed by atoms with Crippen molar-refractivity contribution in [3.63, 3.8) is 0 Å². The van der Waals surface area contributed by atoms with Crippen molar-refractivity contribution in [2.75, 3.05) is 6.61 Å². The third-order valence-corrected chi connectivity index (χ3v) is 2.95. The molecule has 0 fully saturated rings. The second-order valence-electron chi connectivity index (χ2n) is 4.47. The van der Waals surface area contributed by atoms with Crippen LogP contribution in [0.15, 0.2) is 42.5 Å². The highest BCUT2D eigenvalue weighted by Crippen LogP contribution is 2.27. The Bertz CT molecular complexity index is 569. The van der Waals surface area contributed by atoms with Gasteiger partial charge in [-0.25, -0.2) is 0 Å². The van der Waals surface area contributed by atoms with Gasteiger partial charge in [-0.05, 0) is 30.7 Å². The van der Waals surface area contributed by atoms with Crippen LogP contribution in [0, 0.1) is 0 Å². The van der Waals surface area contributed by atoms with Gasteiger partial charge < -0.3 is 20.3 Å². The molecule has 4 nitrogen and oxygen atoms in total. The molecule has 0 radical (unpaired) electrons. The lowest BCUT2D eigenvalue weighted by atomic mass is 10.1. The van der Waals surface area contributed by atoms with Crippen LogP contribution in [-0.2, 0) is 13.1 Å². The number of phenolic OH excluding ortho intramolecular Hbond substituents is 2. The van der Waals surface area contributed by atoms with Gasteiger partial charge in [0.05, 0.1) is 6.61 Å². The molecule has 0 heterocycles. The summed E-state index contributed by atoms with van der Waals surface area (Å²) in [5, 5.41) is 22.3. The van der Waals surface area contributed by atoms with E-state index in [0.717, 1.165) is 11.3 Å². The Hall–Kier alpha value is -2.20. The molecule has 20 heavy (non-hydrogen) atoms. The summed E-state index contributed by atoms with van der Waals surface area (Å²) in [6.07, 6.45) is 0. The molecule has 0 atom stereocenters. The minimum Gasteiger partial charge on any atom is -0.504 e. The van der Waals surface area contributed by atoms with Crippen LogP contribution in [0.2, 0.25) is 0 Å². The summed E-state index contributed by atoms with van der Waals surface area (Å²) in [7, 11) is 0. The predicted octanol–water partition coefficient (Wildman–Crippen LogP) is 2.79. The Balaban J connectivity index is 1.92. The lowest BCUT2D eigenvalue weighted by Crippen LogP contribution is -2.12. The normalized spacial score (nSPS) is 10.4. The number of hydrogen-bond acceptors (Lipinski definition) is 4. The first-order valence-electron chi connectivity index (χ1n) is 6.63. The van der Waals surface area contributed by atoms with Crippen LogP contribution < -0.4 is 10.1 Å². The zero-order chi connectivity index (χ0) is 14.4. The van der Waals surface area contributed by atoms with E-state index in [1.807, 2.05) is 31.2 Å². The quantitative estimate of drug-likeness (QED) is 0.708. The molecule has 0 saturated carbocycles. The maximum atomic E-state index is 9.70. The molecule has 2 aromatic carbocycles. The topological polar surface area (TPSA) is 61.7 Å². The number of rotatable bonds is 6. The fourth-order valence-corrected chi connectivity index (χ4v) is 1.97. The Labute approximate surface area is 118 Å². The van der Waals surface area contributed by atoms with Crippen LogP contribution in [0.4, 0.5) is 0 Å². The molecule has 0 aliphatic carbocycles. The van der Waals surface area contributed by atoms with Gasteiger partial charge in [0.15, 0.2) is 11.5 Å². The SMILES string of the molecule is CCOc1cccc(CNCc2cccc(O)c2O)c1. The molecule has 4 heteroatoms. The minimum absolute atomic E-state index is 0.0666. The van der Waals surface area contributed by atoms with Gasteiger partial charge in [-0.1, -0.05) is 24.3 Å². The number of nitrogens with one attached hydrogen (secondary N) is 1. The van der Waals surface area contributed by atoms with E-state index in [4.69, 9.17) is 4.74 Å². The second-order valence-corrected chi connectivity index (χ2v) is 4.47. The highest BCUT2D eigenvalue weighted by Gasteiger charge is 2.05. The second kappa shape index (κ2) is 6.82. The molecular weight excluding hydrogens is 254 g/mol. The third kappa shape index (κ3) is 3.65. The lowest BCUT2D eigenvalue weighted by molar-refractivity contribution is 0.340. The van der Waals surface area contributed by atoms with E-state index >= 15 is 0 Å². The Morgan fingerprint density at radius 3 is 2.65 bits per heavy atom. The molecule has 3 N–H and O–H groups in total. The Morgan fingerprint density at radius 1 is 1.05 bits per heavy atom. The molecule has 106 valence electrons.